The molecule has 2 nitrogen and oxygen atoms in total. The topological polar surface area (TPSA) is 38.9 Å². The Morgan fingerprint density at radius 1 is 1.39 bits per heavy atom. The third kappa shape index (κ3) is 2.94. The van der Waals surface area contributed by atoms with Crippen molar-refractivity contribution < 1.29 is 0 Å². The van der Waals surface area contributed by atoms with Crippen molar-refractivity contribution in [1.29, 1.82) is 0 Å². The number of hydrogen-bond donors (Lipinski definition) is 1. The molecule has 3 heteroatoms. The van der Waals surface area contributed by atoms with Gasteiger partial charge in [0.2, 0.25) is 0 Å². The van der Waals surface area contributed by atoms with Gasteiger partial charge in [-0.1, -0.05) is 40.0 Å². The summed E-state index contributed by atoms with van der Waals surface area (Å²) in [6.45, 7) is 7.40. The first-order valence-corrected chi connectivity index (χ1v) is 8.16. The van der Waals surface area contributed by atoms with Crippen LogP contribution in [0.4, 0.5) is 0 Å². The van der Waals surface area contributed by atoms with Crippen molar-refractivity contribution in [2.24, 2.45) is 11.7 Å². The molecule has 1 aliphatic carbocycles. The average Bonchev–Trinajstić information content (AvgIpc) is 2.83. The summed E-state index contributed by atoms with van der Waals surface area (Å²) in [4.78, 5) is 6.22. The third-order valence-corrected chi connectivity index (χ3v) is 5.44. The van der Waals surface area contributed by atoms with Crippen LogP contribution in [0.15, 0.2) is 0 Å². The Morgan fingerprint density at radius 3 is 2.72 bits per heavy atom. The van der Waals surface area contributed by atoms with Crippen LogP contribution in [0.5, 0.6) is 0 Å². The van der Waals surface area contributed by atoms with Gasteiger partial charge in [0.15, 0.2) is 0 Å². The van der Waals surface area contributed by atoms with Crippen molar-refractivity contribution >= 4 is 11.3 Å². The van der Waals surface area contributed by atoms with Gasteiger partial charge in [-0.15, -0.1) is 11.3 Å². The Hall–Kier alpha value is -0.410. The molecular weight excluding hydrogens is 240 g/mol. The first kappa shape index (κ1) is 14.0. The van der Waals surface area contributed by atoms with Gasteiger partial charge in [0.25, 0.3) is 0 Å². The normalized spacial score (nSPS) is 24.7. The van der Waals surface area contributed by atoms with E-state index in [2.05, 4.69) is 20.8 Å². The molecule has 0 radical (unpaired) electrons. The van der Waals surface area contributed by atoms with E-state index in [-0.39, 0.29) is 0 Å². The van der Waals surface area contributed by atoms with Crippen molar-refractivity contribution in [2.45, 2.75) is 71.3 Å². The molecule has 1 fully saturated rings. The summed E-state index contributed by atoms with van der Waals surface area (Å²) >= 11 is 1.87. The second-order valence-electron chi connectivity index (χ2n) is 5.86. The van der Waals surface area contributed by atoms with E-state index in [1.165, 1.54) is 47.7 Å². The number of hydrogen-bond acceptors (Lipinski definition) is 3. The van der Waals surface area contributed by atoms with E-state index >= 15 is 0 Å². The molecular formula is C15H26N2S. The van der Waals surface area contributed by atoms with Gasteiger partial charge < -0.3 is 5.73 Å². The Labute approximate surface area is 115 Å². The summed E-state index contributed by atoms with van der Waals surface area (Å²) in [5, 5.41) is 1.36. The molecule has 0 amide bonds. The minimum atomic E-state index is 0.499. The van der Waals surface area contributed by atoms with Crippen LogP contribution >= 0.6 is 11.3 Å². The fraction of sp³-hybridized carbons (Fsp3) is 0.800. The number of thiazole rings is 1. The average molecular weight is 266 g/mol. The van der Waals surface area contributed by atoms with Gasteiger partial charge in [0.1, 0.15) is 0 Å². The van der Waals surface area contributed by atoms with E-state index in [9.17, 15) is 0 Å². The monoisotopic (exact) mass is 266 g/mol. The lowest BCUT2D eigenvalue weighted by Gasteiger charge is -2.26. The highest BCUT2D eigenvalue weighted by molar-refractivity contribution is 7.11. The molecule has 1 aromatic heterocycles. The van der Waals surface area contributed by atoms with E-state index in [4.69, 9.17) is 10.7 Å². The molecule has 2 N–H and O–H groups in total. The van der Waals surface area contributed by atoms with E-state index < -0.39 is 0 Å². The Bertz CT molecular complexity index is 384. The molecule has 102 valence electrons. The van der Waals surface area contributed by atoms with Crippen LogP contribution in [0.3, 0.4) is 0 Å². The minimum absolute atomic E-state index is 0.499. The Balaban J connectivity index is 2.17. The van der Waals surface area contributed by atoms with Crippen LogP contribution in [-0.4, -0.2) is 4.98 Å². The van der Waals surface area contributed by atoms with Crippen LogP contribution in [-0.2, 0) is 6.54 Å². The van der Waals surface area contributed by atoms with Gasteiger partial charge in [-0.25, -0.2) is 4.98 Å². The molecule has 0 bridgehead atoms. The smallest absolute Gasteiger partial charge is 0.0962 e. The largest absolute Gasteiger partial charge is 0.326 e. The fourth-order valence-corrected chi connectivity index (χ4v) is 4.29. The maximum absolute atomic E-state index is 5.86. The highest BCUT2D eigenvalue weighted by Gasteiger charge is 2.26. The van der Waals surface area contributed by atoms with Gasteiger partial charge in [0.05, 0.1) is 10.7 Å². The third-order valence-electron chi connectivity index (χ3n) is 4.19. The molecule has 0 aliphatic heterocycles. The van der Waals surface area contributed by atoms with Crippen molar-refractivity contribution in [3.63, 3.8) is 0 Å². The molecule has 2 rings (SSSR count). The van der Waals surface area contributed by atoms with Gasteiger partial charge in [-0.3, -0.25) is 0 Å². The van der Waals surface area contributed by atoms with Gasteiger partial charge >= 0.3 is 0 Å². The van der Waals surface area contributed by atoms with Crippen molar-refractivity contribution in [3.8, 4) is 0 Å². The molecule has 1 aliphatic rings. The zero-order valence-corrected chi connectivity index (χ0v) is 12.7. The summed E-state index contributed by atoms with van der Waals surface area (Å²) in [5.41, 5.74) is 7.10. The molecule has 1 heterocycles. The van der Waals surface area contributed by atoms with Crippen molar-refractivity contribution in [2.75, 3.05) is 0 Å². The lowest BCUT2D eigenvalue weighted by molar-refractivity contribution is 0.314. The minimum Gasteiger partial charge on any atom is -0.326 e. The predicted molar refractivity (Wildman–Crippen MR) is 79.1 cm³/mol. The number of nitrogens with zero attached hydrogens (tertiary/aromatic N) is 1. The lowest BCUT2D eigenvalue weighted by Crippen LogP contribution is -2.13. The summed E-state index contributed by atoms with van der Waals surface area (Å²) in [7, 11) is 0. The molecule has 0 aromatic carbocycles. The quantitative estimate of drug-likeness (QED) is 0.876. The number of nitrogens with two attached hydrogens (primary N) is 1. The van der Waals surface area contributed by atoms with Crippen LogP contribution < -0.4 is 5.73 Å². The second kappa shape index (κ2) is 6.16. The maximum atomic E-state index is 5.86. The summed E-state index contributed by atoms with van der Waals surface area (Å²) < 4.78 is 0. The van der Waals surface area contributed by atoms with Gasteiger partial charge in [-0.05, 0) is 24.7 Å². The summed E-state index contributed by atoms with van der Waals surface area (Å²) in [6.07, 6.45) is 6.77. The molecule has 1 saturated carbocycles. The highest BCUT2D eigenvalue weighted by atomic mass is 32.1. The Morgan fingerprint density at radius 2 is 2.17 bits per heavy atom. The van der Waals surface area contributed by atoms with E-state index in [1.54, 1.807) is 0 Å². The molecule has 2 unspecified atom stereocenters. The summed E-state index contributed by atoms with van der Waals surface area (Å²) in [5.74, 6) is 2.11. The second-order valence-corrected chi connectivity index (χ2v) is 6.97. The number of rotatable bonds is 4. The van der Waals surface area contributed by atoms with Crippen LogP contribution in [0, 0.1) is 5.92 Å². The van der Waals surface area contributed by atoms with E-state index in [0.29, 0.717) is 18.4 Å². The van der Waals surface area contributed by atoms with Gasteiger partial charge in [-0.2, -0.15) is 0 Å². The molecule has 1 aromatic rings. The molecule has 18 heavy (non-hydrogen) atoms. The first-order valence-electron chi connectivity index (χ1n) is 7.35. The number of aromatic nitrogens is 1. The van der Waals surface area contributed by atoms with Crippen molar-refractivity contribution in [1.82, 2.24) is 4.98 Å². The fourth-order valence-electron chi connectivity index (χ4n) is 3.04. The van der Waals surface area contributed by atoms with Crippen LogP contribution in [0.2, 0.25) is 0 Å². The molecule has 2 atom stereocenters. The standard InChI is InChI=1S/C15H26N2S/c1-4-11-6-5-7-12(8-11)15-17-14(10(2)3)13(9-16)18-15/h10-12H,4-9,16H2,1-3H3. The van der Waals surface area contributed by atoms with E-state index in [0.717, 1.165) is 5.92 Å². The SMILES string of the molecule is CCC1CCCC(c2nc(C(C)C)c(CN)s2)C1. The zero-order valence-electron chi connectivity index (χ0n) is 11.9. The predicted octanol–water partition coefficient (Wildman–Crippen LogP) is 4.41. The van der Waals surface area contributed by atoms with Crippen LogP contribution in [0.25, 0.3) is 0 Å². The first-order chi connectivity index (χ1) is 8.65. The molecule has 0 saturated heterocycles. The highest BCUT2D eigenvalue weighted by Crippen LogP contribution is 2.40. The maximum Gasteiger partial charge on any atom is 0.0962 e. The molecule has 0 spiro atoms. The van der Waals surface area contributed by atoms with Crippen LogP contribution in [0.1, 0.15) is 80.3 Å². The lowest BCUT2D eigenvalue weighted by atomic mass is 9.80. The Kier molecular flexibility index (Phi) is 4.79. The van der Waals surface area contributed by atoms with Gasteiger partial charge in [0, 0.05) is 17.3 Å². The zero-order chi connectivity index (χ0) is 13.1. The summed E-state index contributed by atoms with van der Waals surface area (Å²) in [6, 6.07) is 0. The van der Waals surface area contributed by atoms with E-state index in [1.807, 2.05) is 11.3 Å². The van der Waals surface area contributed by atoms with Crippen molar-refractivity contribution in [3.05, 3.63) is 15.6 Å².